The van der Waals surface area contributed by atoms with Gasteiger partial charge in [0.15, 0.2) is 0 Å². The number of aliphatic carboxylic acids is 1. The van der Waals surface area contributed by atoms with Crippen molar-refractivity contribution in [2.45, 2.75) is 25.4 Å². The number of urea groups is 1. The summed E-state index contributed by atoms with van der Waals surface area (Å²) in [6.45, 7) is 0.390. The van der Waals surface area contributed by atoms with E-state index >= 15 is 0 Å². The molecule has 1 aliphatic rings. The van der Waals surface area contributed by atoms with Crippen LogP contribution in [0.15, 0.2) is 15.9 Å². The number of hydrogen-bond donors (Lipinski definition) is 3. The molecule has 0 radical (unpaired) electrons. The van der Waals surface area contributed by atoms with Gasteiger partial charge in [-0.3, -0.25) is 0 Å². The third-order valence-corrected chi connectivity index (χ3v) is 4.67. The molecule has 0 aliphatic heterocycles. The van der Waals surface area contributed by atoms with E-state index in [-0.39, 0.29) is 5.92 Å². The fourth-order valence-electron chi connectivity index (χ4n) is 1.61. The first-order valence-corrected chi connectivity index (χ1v) is 7.24. The molecule has 5 nitrogen and oxygen atoms in total. The Bertz CT molecular complexity index is 459. The standard InChI is InChI=1S/C11H13BrN2O3S/c12-7-3-4-18-8(7)5-13-11(17)14-9(10(15)16)6-1-2-6/h3-4,6,9H,1-2,5H2,(H,15,16)(H2,13,14,17). The molecule has 1 unspecified atom stereocenters. The topological polar surface area (TPSA) is 78.4 Å². The van der Waals surface area contributed by atoms with Crippen LogP contribution in [0.4, 0.5) is 4.79 Å². The summed E-state index contributed by atoms with van der Waals surface area (Å²) in [5.74, 6) is -0.883. The molecular formula is C11H13BrN2O3S. The molecule has 1 saturated carbocycles. The zero-order valence-electron chi connectivity index (χ0n) is 9.48. The number of carbonyl (C=O) groups excluding carboxylic acids is 1. The van der Waals surface area contributed by atoms with Gasteiger partial charge in [-0.15, -0.1) is 11.3 Å². The minimum Gasteiger partial charge on any atom is -0.480 e. The lowest BCUT2D eigenvalue weighted by Gasteiger charge is -2.14. The third-order valence-electron chi connectivity index (χ3n) is 2.75. The molecule has 1 atom stereocenters. The van der Waals surface area contributed by atoms with Gasteiger partial charge < -0.3 is 15.7 Å². The van der Waals surface area contributed by atoms with E-state index in [0.717, 1.165) is 22.2 Å². The molecule has 2 rings (SSSR count). The number of hydrogen-bond acceptors (Lipinski definition) is 3. The molecular weight excluding hydrogens is 320 g/mol. The average molecular weight is 333 g/mol. The lowest BCUT2D eigenvalue weighted by molar-refractivity contribution is -0.139. The second kappa shape index (κ2) is 5.71. The number of halogens is 1. The Labute approximate surface area is 117 Å². The van der Waals surface area contributed by atoms with Gasteiger partial charge in [0.2, 0.25) is 0 Å². The van der Waals surface area contributed by atoms with Gasteiger partial charge in [0, 0.05) is 9.35 Å². The van der Waals surface area contributed by atoms with Crippen molar-refractivity contribution in [1.29, 1.82) is 0 Å². The van der Waals surface area contributed by atoms with Crippen molar-refractivity contribution in [2.75, 3.05) is 0 Å². The van der Waals surface area contributed by atoms with E-state index < -0.39 is 18.0 Å². The number of nitrogens with one attached hydrogen (secondary N) is 2. The van der Waals surface area contributed by atoms with Crippen molar-refractivity contribution in [1.82, 2.24) is 10.6 Å². The maximum absolute atomic E-state index is 11.6. The minimum atomic E-state index is -0.968. The predicted molar refractivity (Wildman–Crippen MR) is 71.5 cm³/mol. The van der Waals surface area contributed by atoms with Gasteiger partial charge in [-0.25, -0.2) is 9.59 Å². The lowest BCUT2D eigenvalue weighted by Crippen LogP contribution is -2.46. The van der Waals surface area contributed by atoms with Crippen molar-refractivity contribution in [3.63, 3.8) is 0 Å². The van der Waals surface area contributed by atoms with Crippen LogP contribution in [0.25, 0.3) is 0 Å². The van der Waals surface area contributed by atoms with Crippen LogP contribution in [0.3, 0.4) is 0 Å². The average Bonchev–Trinajstić information content (AvgIpc) is 3.07. The molecule has 1 heterocycles. The van der Waals surface area contributed by atoms with Crippen molar-refractivity contribution < 1.29 is 14.7 Å². The van der Waals surface area contributed by atoms with Crippen LogP contribution in [0.5, 0.6) is 0 Å². The molecule has 7 heteroatoms. The first kappa shape index (κ1) is 13.4. The predicted octanol–water partition coefficient (Wildman–Crippen LogP) is 2.17. The highest BCUT2D eigenvalue weighted by Crippen LogP contribution is 2.32. The Morgan fingerprint density at radius 2 is 2.28 bits per heavy atom. The van der Waals surface area contributed by atoms with E-state index in [0.29, 0.717) is 6.54 Å². The number of carboxylic acid groups (broad SMARTS) is 1. The highest BCUT2D eigenvalue weighted by molar-refractivity contribution is 9.10. The second-order valence-electron chi connectivity index (χ2n) is 4.17. The van der Waals surface area contributed by atoms with E-state index in [1.165, 1.54) is 11.3 Å². The number of carbonyl (C=O) groups is 2. The van der Waals surface area contributed by atoms with Crippen LogP contribution < -0.4 is 10.6 Å². The van der Waals surface area contributed by atoms with Crippen LogP contribution in [-0.4, -0.2) is 23.1 Å². The van der Waals surface area contributed by atoms with E-state index in [4.69, 9.17) is 5.11 Å². The SMILES string of the molecule is O=C(NCc1sccc1Br)NC(C(=O)O)C1CC1. The molecule has 0 aromatic carbocycles. The fourth-order valence-corrected chi connectivity index (χ4v) is 3.05. The molecule has 1 fully saturated rings. The van der Waals surface area contributed by atoms with E-state index in [1.807, 2.05) is 11.4 Å². The number of thiophene rings is 1. The van der Waals surface area contributed by atoms with Crippen LogP contribution in [0, 0.1) is 5.92 Å². The molecule has 1 aliphatic carbocycles. The molecule has 1 aromatic rings. The first-order valence-electron chi connectivity index (χ1n) is 5.57. The largest absolute Gasteiger partial charge is 0.480 e. The first-order chi connectivity index (χ1) is 8.58. The van der Waals surface area contributed by atoms with Crippen LogP contribution >= 0.6 is 27.3 Å². The number of rotatable bonds is 5. The van der Waals surface area contributed by atoms with Gasteiger partial charge in [0.1, 0.15) is 6.04 Å². The summed E-state index contributed by atoms with van der Waals surface area (Å²) in [6.07, 6.45) is 1.74. The summed E-state index contributed by atoms with van der Waals surface area (Å²) in [4.78, 5) is 23.6. The third kappa shape index (κ3) is 3.46. The van der Waals surface area contributed by atoms with E-state index in [2.05, 4.69) is 26.6 Å². The van der Waals surface area contributed by atoms with Gasteiger partial charge in [-0.2, -0.15) is 0 Å². The van der Waals surface area contributed by atoms with Gasteiger partial charge in [0.25, 0.3) is 0 Å². The quantitative estimate of drug-likeness (QED) is 0.773. The monoisotopic (exact) mass is 332 g/mol. The summed E-state index contributed by atoms with van der Waals surface area (Å²) in [6, 6.07) is 0.704. The van der Waals surface area contributed by atoms with Crippen molar-refractivity contribution in [3.05, 3.63) is 20.8 Å². The lowest BCUT2D eigenvalue weighted by atomic mass is 10.2. The summed E-state index contributed by atoms with van der Waals surface area (Å²) in [7, 11) is 0. The molecule has 18 heavy (non-hydrogen) atoms. The highest BCUT2D eigenvalue weighted by Gasteiger charge is 2.37. The van der Waals surface area contributed by atoms with Gasteiger partial charge >= 0.3 is 12.0 Å². The Morgan fingerprint density at radius 1 is 1.56 bits per heavy atom. The zero-order chi connectivity index (χ0) is 13.1. The number of amides is 2. The Kier molecular flexibility index (Phi) is 4.23. The van der Waals surface area contributed by atoms with Gasteiger partial charge in [-0.1, -0.05) is 0 Å². The summed E-state index contributed by atoms with van der Waals surface area (Å²) in [5.41, 5.74) is 0. The summed E-state index contributed by atoms with van der Waals surface area (Å²) < 4.78 is 0.949. The van der Waals surface area contributed by atoms with E-state index in [1.54, 1.807) is 0 Å². The Morgan fingerprint density at radius 3 is 2.78 bits per heavy atom. The summed E-state index contributed by atoms with van der Waals surface area (Å²) >= 11 is 4.90. The molecule has 98 valence electrons. The van der Waals surface area contributed by atoms with Crippen molar-refractivity contribution in [3.8, 4) is 0 Å². The summed E-state index contributed by atoms with van der Waals surface area (Å²) in [5, 5.41) is 16.1. The molecule has 3 N–H and O–H groups in total. The highest BCUT2D eigenvalue weighted by atomic mass is 79.9. The fraction of sp³-hybridized carbons (Fsp3) is 0.455. The molecule has 0 spiro atoms. The van der Waals surface area contributed by atoms with Gasteiger partial charge in [-0.05, 0) is 46.1 Å². The minimum absolute atomic E-state index is 0.0849. The van der Waals surface area contributed by atoms with Crippen molar-refractivity contribution >= 4 is 39.3 Å². The maximum atomic E-state index is 11.6. The molecule has 0 bridgehead atoms. The maximum Gasteiger partial charge on any atom is 0.326 e. The molecule has 2 amide bonds. The second-order valence-corrected chi connectivity index (χ2v) is 6.03. The normalized spacial score (nSPS) is 16.1. The molecule has 1 aromatic heterocycles. The Balaban J connectivity index is 1.81. The van der Waals surface area contributed by atoms with E-state index in [9.17, 15) is 9.59 Å². The van der Waals surface area contributed by atoms with Crippen LogP contribution in [0.2, 0.25) is 0 Å². The number of carboxylic acids is 1. The Hall–Kier alpha value is -1.08. The zero-order valence-corrected chi connectivity index (χ0v) is 11.9. The van der Waals surface area contributed by atoms with Gasteiger partial charge in [0.05, 0.1) is 6.54 Å². The van der Waals surface area contributed by atoms with Crippen LogP contribution in [-0.2, 0) is 11.3 Å². The smallest absolute Gasteiger partial charge is 0.326 e. The van der Waals surface area contributed by atoms with Crippen LogP contribution in [0.1, 0.15) is 17.7 Å². The van der Waals surface area contributed by atoms with Crippen molar-refractivity contribution in [2.24, 2.45) is 5.92 Å². The molecule has 0 saturated heterocycles.